The number of thiazole rings is 1. The van der Waals surface area contributed by atoms with Crippen LogP contribution in [0.25, 0.3) is 0 Å². The van der Waals surface area contributed by atoms with Crippen LogP contribution in [0.3, 0.4) is 0 Å². The standard InChI is InChI=1S/C16H19N3OS2/c1-3-21-12-6-4-11(5-7-12)15(20)18-16-17-13-8-9-19(2)10-14(13)22-16/h4-7H,3,8-10H2,1-2H3,(H,17,18,20). The number of likely N-dealkylation sites (N-methyl/N-ethyl adjacent to an activating group) is 1. The quantitative estimate of drug-likeness (QED) is 0.870. The number of rotatable bonds is 4. The maximum absolute atomic E-state index is 12.3. The van der Waals surface area contributed by atoms with Crippen LogP contribution in [0.2, 0.25) is 0 Å². The maximum Gasteiger partial charge on any atom is 0.257 e. The summed E-state index contributed by atoms with van der Waals surface area (Å²) in [6.45, 7) is 4.07. The minimum Gasteiger partial charge on any atom is -0.301 e. The molecule has 4 nitrogen and oxygen atoms in total. The van der Waals surface area contributed by atoms with E-state index >= 15 is 0 Å². The van der Waals surface area contributed by atoms with Crippen LogP contribution in [-0.4, -0.2) is 35.1 Å². The lowest BCUT2D eigenvalue weighted by Crippen LogP contribution is -2.25. The maximum atomic E-state index is 12.3. The van der Waals surface area contributed by atoms with Crippen molar-refractivity contribution in [3.05, 3.63) is 40.4 Å². The number of anilines is 1. The van der Waals surface area contributed by atoms with Gasteiger partial charge in [0.1, 0.15) is 0 Å². The van der Waals surface area contributed by atoms with Gasteiger partial charge < -0.3 is 4.90 Å². The third kappa shape index (κ3) is 3.51. The molecule has 116 valence electrons. The molecule has 22 heavy (non-hydrogen) atoms. The summed E-state index contributed by atoms with van der Waals surface area (Å²) in [5, 5.41) is 3.63. The van der Waals surface area contributed by atoms with Crippen molar-refractivity contribution in [3.8, 4) is 0 Å². The molecular weight excluding hydrogens is 314 g/mol. The van der Waals surface area contributed by atoms with Gasteiger partial charge in [0.2, 0.25) is 0 Å². The molecule has 1 aromatic carbocycles. The van der Waals surface area contributed by atoms with Crippen LogP contribution in [-0.2, 0) is 13.0 Å². The monoisotopic (exact) mass is 333 g/mol. The second kappa shape index (κ2) is 6.81. The Morgan fingerprint density at radius 3 is 2.91 bits per heavy atom. The first kappa shape index (κ1) is 15.5. The summed E-state index contributed by atoms with van der Waals surface area (Å²) in [5.74, 6) is 0.942. The fourth-order valence-corrected chi connectivity index (χ4v) is 4.16. The van der Waals surface area contributed by atoms with Gasteiger partial charge in [0.15, 0.2) is 5.13 Å². The lowest BCUT2D eigenvalue weighted by molar-refractivity contribution is 0.102. The second-order valence-electron chi connectivity index (χ2n) is 5.29. The van der Waals surface area contributed by atoms with Gasteiger partial charge in [-0.3, -0.25) is 10.1 Å². The van der Waals surface area contributed by atoms with Gasteiger partial charge in [-0.15, -0.1) is 23.1 Å². The van der Waals surface area contributed by atoms with Crippen molar-refractivity contribution >= 4 is 34.1 Å². The molecule has 0 saturated heterocycles. The zero-order valence-electron chi connectivity index (χ0n) is 12.8. The number of amides is 1. The molecule has 2 aromatic rings. The van der Waals surface area contributed by atoms with Crippen LogP contribution >= 0.6 is 23.1 Å². The molecule has 0 spiro atoms. The largest absolute Gasteiger partial charge is 0.301 e. The molecular formula is C16H19N3OS2. The summed E-state index contributed by atoms with van der Waals surface area (Å²) in [5.41, 5.74) is 1.80. The van der Waals surface area contributed by atoms with Crippen molar-refractivity contribution in [1.29, 1.82) is 0 Å². The van der Waals surface area contributed by atoms with Gasteiger partial charge in [-0.25, -0.2) is 4.98 Å². The molecule has 6 heteroatoms. The molecule has 0 fully saturated rings. The predicted molar refractivity (Wildman–Crippen MR) is 92.9 cm³/mol. The Balaban J connectivity index is 1.69. The molecule has 0 radical (unpaired) electrons. The summed E-state index contributed by atoms with van der Waals surface area (Å²) < 4.78 is 0. The Morgan fingerprint density at radius 2 is 2.18 bits per heavy atom. The number of aromatic nitrogens is 1. The minimum absolute atomic E-state index is 0.0903. The molecule has 0 unspecified atom stereocenters. The summed E-state index contributed by atoms with van der Waals surface area (Å²) in [4.78, 5) is 21.6. The number of benzene rings is 1. The highest BCUT2D eigenvalue weighted by Crippen LogP contribution is 2.28. The molecule has 1 amide bonds. The molecule has 0 saturated carbocycles. The van der Waals surface area contributed by atoms with Gasteiger partial charge in [-0.1, -0.05) is 6.92 Å². The van der Waals surface area contributed by atoms with E-state index in [1.54, 1.807) is 23.1 Å². The molecule has 3 rings (SSSR count). The Labute approximate surface area is 138 Å². The molecule has 0 bridgehead atoms. The highest BCUT2D eigenvalue weighted by Gasteiger charge is 2.19. The Kier molecular flexibility index (Phi) is 4.81. The van der Waals surface area contributed by atoms with E-state index in [1.165, 1.54) is 9.77 Å². The molecule has 2 heterocycles. The van der Waals surface area contributed by atoms with Crippen LogP contribution in [0.1, 0.15) is 27.9 Å². The van der Waals surface area contributed by atoms with Crippen molar-refractivity contribution < 1.29 is 4.79 Å². The first-order chi connectivity index (χ1) is 10.7. The number of carbonyl (C=O) groups is 1. The fourth-order valence-electron chi connectivity index (χ4n) is 2.42. The smallest absolute Gasteiger partial charge is 0.257 e. The number of thioether (sulfide) groups is 1. The molecule has 1 N–H and O–H groups in total. The zero-order chi connectivity index (χ0) is 15.5. The van der Waals surface area contributed by atoms with Crippen LogP contribution in [0.4, 0.5) is 5.13 Å². The van der Waals surface area contributed by atoms with Crippen molar-refractivity contribution in [2.45, 2.75) is 24.8 Å². The van der Waals surface area contributed by atoms with Crippen LogP contribution in [0, 0.1) is 0 Å². The SMILES string of the molecule is CCSc1ccc(C(=O)Nc2nc3c(s2)CN(C)CC3)cc1. The minimum atomic E-state index is -0.0903. The lowest BCUT2D eigenvalue weighted by Gasteiger charge is -2.20. The average molecular weight is 333 g/mol. The first-order valence-corrected chi connectivity index (χ1v) is 9.17. The van der Waals surface area contributed by atoms with E-state index in [4.69, 9.17) is 0 Å². The lowest BCUT2D eigenvalue weighted by atomic mass is 10.2. The molecule has 1 aliphatic heterocycles. The third-order valence-corrected chi connectivity index (χ3v) is 5.46. The van der Waals surface area contributed by atoms with E-state index in [-0.39, 0.29) is 5.91 Å². The number of carbonyl (C=O) groups excluding carboxylic acids is 1. The Bertz CT molecular complexity index is 667. The topological polar surface area (TPSA) is 45.2 Å². The van der Waals surface area contributed by atoms with E-state index in [0.29, 0.717) is 10.7 Å². The van der Waals surface area contributed by atoms with E-state index in [1.807, 2.05) is 24.3 Å². The summed E-state index contributed by atoms with van der Waals surface area (Å²) in [6, 6.07) is 7.72. The van der Waals surface area contributed by atoms with Crippen molar-refractivity contribution in [2.75, 3.05) is 24.7 Å². The first-order valence-electron chi connectivity index (χ1n) is 7.37. The van der Waals surface area contributed by atoms with Gasteiger partial charge in [0.25, 0.3) is 5.91 Å². The van der Waals surface area contributed by atoms with Crippen molar-refractivity contribution in [2.24, 2.45) is 0 Å². The third-order valence-electron chi connectivity index (χ3n) is 3.57. The second-order valence-corrected chi connectivity index (χ2v) is 7.71. The van der Waals surface area contributed by atoms with Gasteiger partial charge in [-0.2, -0.15) is 0 Å². The van der Waals surface area contributed by atoms with Gasteiger partial charge in [-0.05, 0) is 37.1 Å². The molecule has 0 atom stereocenters. The summed E-state index contributed by atoms with van der Waals surface area (Å²) in [6.07, 6.45) is 0.959. The van der Waals surface area contributed by atoms with Gasteiger partial charge >= 0.3 is 0 Å². The predicted octanol–water partition coefficient (Wildman–Crippen LogP) is 3.50. The number of nitrogens with one attached hydrogen (secondary N) is 1. The molecule has 0 aliphatic carbocycles. The number of fused-ring (bicyclic) bond motifs is 1. The van der Waals surface area contributed by atoms with Crippen LogP contribution < -0.4 is 5.32 Å². The Morgan fingerprint density at radius 1 is 1.41 bits per heavy atom. The normalized spacial score (nSPS) is 14.6. The number of nitrogens with zero attached hydrogens (tertiary/aromatic N) is 2. The van der Waals surface area contributed by atoms with Crippen LogP contribution in [0.15, 0.2) is 29.2 Å². The van der Waals surface area contributed by atoms with E-state index in [0.717, 1.165) is 31.0 Å². The Hall–Kier alpha value is -1.37. The van der Waals surface area contributed by atoms with Gasteiger partial charge in [0, 0.05) is 34.8 Å². The zero-order valence-corrected chi connectivity index (χ0v) is 14.4. The average Bonchev–Trinajstić information content (AvgIpc) is 2.89. The van der Waals surface area contributed by atoms with Gasteiger partial charge in [0.05, 0.1) is 5.69 Å². The van der Waals surface area contributed by atoms with E-state index in [9.17, 15) is 4.79 Å². The van der Waals surface area contributed by atoms with Crippen LogP contribution in [0.5, 0.6) is 0 Å². The molecule has 1 aliphatic rings. The molecule has 1 aromatic heterocycles. The highest BCUT2D eigenvalue weighted by molar-refractivity contribution is 7.99. The summed E-state index contributed by atoms with van der Waals surface area (Å²) in [7, 11) is 2.11. The highest BCUT2D eigenvalue weighted by atomic mass is 32.2. The van der Waals surface area contributed by atoms with E-state index < -0.39 is 0 Å². The van der Waals surface area contributed by atoms with E-state index in [2.05, 4.69) is 29.2 Å². The number of hydrogen-bond acceptors (Lipinski definition) is 5. The fraction of sp³-hybridized carbons (Fsp3) is 0.375. The van der Waals surface area contributed by atoms with Crippen molar-refractivity contribution in [3.63, 3.8) is 0 Å². The summed E-state index contributed by atoms with van der Waals surface area (Å²) >= 11 is 3.36. The number of hydrogen-bond donors (Lipinski definition) is 1. The van der Waals surface area contributed by atoms with Crippen molar-refractivity contribution in [1.82, 2.24) is 9.88 Å².